The lowest BCUT2D eigenvalue weighted by molar-refractivity contribution is 0.0130. The molecule has 0 bridgehead atoms. The van der Waals surface area contributed by atoms with E-state index < -0.39 is 24.3 Å². The summed E-state index contributed by atoms with van der Waals surface area (Å²) in [5.74, 6) is 0. The van der Waals surface area contributed by atoms with Crippen molar-refractivity contribution in [3.05, 3.63) is 23.3 Å². The van der Waals surface area contributed by atoms with Crippen molar-refractivity contribution in [2.75, 3.05) is 19.8 Å². The van der Waals surface area contributed by atoms with Crippen LogP contribution in [0.3, 0.4) is 0 Å². The van der Waals surface area contributed by atoms with Crippen LogP contribution in [0.2, 0.25) is 0 Å². The minimum absolute atomic E-state index is 0.240. The van der Waals surface area contributed by atoms with Gasteiger partial charge in [-0.25, -0.2) is 0 Å². The van der Waals surface area contributed by atoms with Crippen LogP contribution in [0.15, 0.2) is 23.3 Å². The summed E-state index contributed by atoms with van der Waals surface area (Å²) in [6, 6.07) is -1.07. The zero-order chi connectivity index (χ0) is 15.3. The molecule has 0 saturated carbocycles. The van der Waals surface area contributed by atoms with Crippen LogP contribution in [0.1, 0.15) is 27.2 Å². The summed E-state index contributed by atoms with van der Waals surface area (Å²) in [7, 11) is 0. The molecule has 1 aliphatic heterocycles. The van der Waals surface area contributed by atoms with Gasteiger partial charge in [0.15, 0.2) is 0 Å². The highest BCUT2D eigenvalue weighted by Crippen LogP contribution is 2.25. The summed E-state index contributed by atoms with van der Waals surface area (Å²) >= 11 is 0. The van der Waals surface area contributed by atoms with E-state index in [1.807, 2.05) is 26.8 Å². The van der Waals surface area contributed by atoms with Gasteiger partial charge in [-0.1, -0.05) is 23.3 Å². The quantitative estimate of drug-likeness (QED) is 0.518. The first-order valence-electron chi connectivity index (χ1n) is 7.05. The third-order valence-electron chi connectivity index (χ3n) is 3.85. The number of nitrogens with zero attached hydrogens (tertiary/aromatic N) is 1. The fraction of sp³-hybridized carbons (Fsp3) is 0.733. The minimum atomic E-state index is -1.02. The summed E-state index contributed by atoms with van der Waals surface area (Å²) in [5, 5.41) is 38.5. The van der Waals surface area contributed by atoms with Gasteiger partial charge in [0.05, 0.1) is 37.5 Å². The minimum Gasteiger partial charge on any atom is -0.395 e. The van der Waals surface area contributed by atoms with Crippen molar-refractivity contribution in [1.82, 2.24) is 4.90 Å². The predicted octanol–water partition coefficient (Wildman–Crippen LogP) is 0.0482. The molecule has 1 fully saturated rings. The Bertz CT molecular complexity index is 347. The predicted molar refractivity (Wildman–Crippen MR) is 78.3 cm³/mol. The Hall–Kier alpha value is -0.720. The largest absolute Gasteiger partial charge is 0.395 e. The van der Waals surface area contributed by atoms with Gasteiger partial charge in [0.2, 0.25) is 0 Å². The Morgan fingerprint density at radius 2 is 1.45 bits per heavy atom. The highest BCUT2D eigenvalue weighted by atomic mass is 16.3. The van der Waals surface area contributed by atoms with Gasteiger partial charge in [0, 0.05) is 6.54 Å². The molecule has 20 heavy (non-hydrogen) atoms. The Balaban J connectivity index is 2.72. The fourth-order valence-electron chi connectivity index (χ4n) is 2.50. The molecule has 5 nitrogen and oxygen atoms in total. The van der Waals surface area contributed by atoms with Crippen LogP contribution in [-0.2, 0) is 0 Å². The Labute approximate surface area is 120 Å². The van der Waals surface area contributed by atoms with Crippen LogP contribution in [0.25, 0.3) is 0 Å². The molecule has 4 atom stereocenters. The molecule has 0 aromatic rings. The van der Waals surface area contributed by atoms with Crippen molar-refractivity contribution in [1.29, 1.82) is 0 Å². The van der Waals surface area contributed by atoms with E-state index in [0.29, 0.717) is 6.54 Å². The molecule has 0 spiro atoms. The second-order valence-electron chi connectivity index (χ2n) is 5.71. The molecule has 5 heteroatoms. The normalized spacial score (nSPS) is 31.6. The molecule has 4 N–H and O–H groups in total. The summed E-state index contributed by atoms with van der Waals surface area (Å²) < 4.78 is 0. The van der Waals surface area contributed by atoms with E-state index in [2.05, 4.69) is 6.08 Å². The lowest BCUT2D eigenvalue weighted by Gasteiger charge is -2.27. The zero-order valence-corrected chi connectivity index (χ0v) is 12.5. The van der Waals surface area contributed by atoms with Crippen molar-refractivity contribution in [2.45, 2.75) is 51.5 Å². The first-order valence-corrected chi connectivity index (χ1v) is 7.05. The van der Waals surface area contributed by atoms with E-state index in [-0.39, 0.29) is 13.2 Å². The van der Waals surface area contributed by atoms with Gasteiger partial charge < -0.3 is 20.4 Å². The van der Waals surface area contributed by atoms with Crippen LogP contribution in [-0.4, -0.2) is 69.4 Å². The molecular formula is C15H27NO4. The second-order valence-corrected chi connectivity index (χ2v) is 5.71. The summed E-state index contributed by atoms with van der Waals surface area (Å²) in [4.78, 5) is 1.77. The molecule has 0 aromatic carbocycles. The van der Waals surface area contributed by atoms with Crippen molar-refractivity contribution in [2.24, 2.45) is 0 Å². The number of hydrogen-bond acceptors (Lipinski definition) is 5. The first kappa shape index (κ1) is 17.3. The number of aliphatic hydroxyl groups excluding tert-OH is 4. The van der Waals surface area contributed by atoms with E-state index in [1.165, 1.54) is 11.1 Å². The monoisotopic (exact) mass is 285 g/mol. The van der Waals surface area contributed by atoms with Gasteiger partial charge in [-0.05, 0) is 27.2 Å². The van der Waals surface area contributed by atoms with Crippen LogP contribution in [0, 0.1) is 0 Å². The summed E-state index contributed by atoms with van der Waals surface area (Å²) in [6.45, 7) is 6.12. The summed E-state index contributed by atoms with van der Waals surface area (Å²) in [6.07, 6.45) is 2.95. The number of likely N-dealkylation sites (tertiary alicyclic amines) is 1. The lowest BCUT2D eigenvalue weighted by Crippen LogP contribution is -2.43. The number of aliphatic hydroxyl groups is 4. The summed E-state index contributed by atoms with van der Waals surface area (Å²) in [5.41, 5.74) is 2.43. The Kier molecular flexibility index (Phi) is 6.85. The third-order valence-corrected chi connectivity index (χ3v) is 3.85. The van der Waals surface area contributed by atoms with Gasteiger partial charge in [-0.3, -0.25) is 4.90 Å². The molecule has 1 aliphatic rings. The van der Waals surface area contributed by atoms with E-state index in [0.717, 1.165) is 6.42 Å². The maximum absolute atomic E-state index is 9.88. The molecule has 0 aliphatic carbocycles. The molecule has 0 radical (unpaired) electrons. The lowest BCUT2D eigenvalue weighted by atomic mass is 10.1. The molecule has 1 heterocycles. The Morgan fingerprint density at radius 3 is 1.85 bits per heavy atom. The topological polar surface area (TPSA) is 84.2 Å². The average Bonchev–Trinajstić information content (AvgIpc) is 2.65. The van der Waals surface area contributed by atoms with Crippen molar-refractivity contribution in [3.8, 4) is 0 Å². The standard InChI is InChI=1S/C15H27NO4/c1-10(2)4-5-11(3)6-7-16-12(8-17)14(19)15(20)13(16)9-18/h4,6,12-15,17-20H,5,7-9H2,1-3H3/b11-6+/t12-,13+,14-,15-/m1/s1. The first-order chi connectivity index (χ1) is 9.42. The van der Waals surface area contributed by atoms with Crippen molar-refractivity contribution >= 4 is 0 Å². The van der Waals surface area contributed by atoms with E-state index in [1.54, 1.807) is 4.90 Å². The Morgan fingerprint density at radius 1 is 0.950 bits per heavy atom. The molecule has 1 saturated heterocycles. The zero-order valence-electron chi connectivity index (χ0n) is 12.5. The molecular weight excluding hydrogens is 258 g/mol. The van der Waals surface area contributed by atoms with E-state index >= 15 is 0 Å². The van der Waals surface area contributed by atoms with Crippen LogP contribution >= 0.6 is 0 Å². The van der Waals surface area contributed by atoms with Crippen LogP contribution in [0.5, 0.6) is 0 Å². The van der Waals surface area contributed by atoms with Gasteiger partial charge in [0.1, 0.15) is 0 Å². The number of allylic oxidation sites excluding steroid dienone is 3. The molecule has 0 amide bonds. The third kappa shape index (κ3) is 4.14. The van der Waals surface area contributed by atoms with Crippen molar-refractivity contribution in [3.63, 3.8) is 0 Å². The number of rotatable bonds is 6. The van der Waals surface area contributed by atoms with Crippen LogP contribution < -0.4 is 0 Å². The molecule has 1 rings (SSSR count). The average molecular weight is 285 g/mol. The highest BCUT2D eigenvalue weighted by molar-refractivity contribution is 5.10. The van der Waals surface area contributed by atoms with Crippen LogP contribution in [0.4, 0.5) is 0 Å². The maximum atomic E-state index is 9.88. The SMILES string of the molecule is CC(C)=CC/C(C)=C/CN1[C@H](CO)[C@@H](O)[C@H](O)[C@@H]1CO. The smallest absolute Gasteiger partial charge is 0.0992 e. The second kappa shape index (κ2) is 7.90. The van der Waals surface area contributed by atoms with Gasteiger partial charge >= 0.3 is 0 Å². The molecule has 0 unspecified atom stereocenters. The van der Waals surface area contributed by atoms with Crippen molar-refractivity contribution < 1.29 is 20.4 Å². The number of hydrogen-bond donors (Lipinski definition) is 4. The highest BCUT2D eigenvalue weighted by Gasteiger charge is 2.46. The van der Waals surface area contributed by atoms with E-state index in [4.69, 9.17) is 0 Å². The molecule has 116 valence electrons. The van der Waals surface area contributed by atoms with Gasteiger partial charge in [-0.15, -0.1) is 0 Å². The fourth-order valence-corrected chi connectivity index (χ4v) is 2.50. The van der Waals surface area contributed by atoms with Gasteiger partial charge in [-0.2, -0.15) is 0 Å². The van der Waals surface area contributed by atoms with Gasteiger partial charge in [0.25, 0.3) is 0 Å². The van der Waals surface area contributed by atoms with E-state index in [9.17, 15) is 20.4 Å². The maximum Gasteiger partial charge on any atom is 0.0992 e. The molecule has 0 aromatic heterocycles.